The monoisotopic (exact) mass is 231 g/mol. The summed E-state index contributed by atoms with van der Waals surface area (Å²) in [5.41, 5.74) is -0.534. The van der Waals surface area contributed by atoms with Crippen molar-refractivity contribution in [2.24, 2.45) is 0 Å². The van der Waals surface area contributed by atoms with Gasteiger partial charge in [0.05, 0.1) is 13.5 Å². The van der Waals surface area contributed by atoms with Crippen molar-refractivity contribution < 1.29 is 19.1 Å². The summed E-state index contributed by atoms with van der Waals surface area (Å²) in [5.74, 6) is -0.345. The third-order valence-electron chi connectivity index (χ3n) is 1.85. The first kappa shape index (κ1) is 14.7. The van der Waals surface area contributed by atoms with E-state index in [1.807, 2.05) is 6.92 Å². The molecule has 0 aromatic rings. The molecular weight excluding hydrogens is 210 g/mol. The Kier molecular flexibility index (Phi) is 5.85. The number of amides is 1. The fraction of sp³-hybridized carbons (Fsp3) is 0.818. The minimum absolute atomic E-state index is 0.159. The van der Waals surface area contributed by atoms with Gasteiger partial charge in [0.2, 0.25) is 0 Å². The van der Waals surface area contributed by atoms with Gasteiger partial charge in [-0.3, -0.25) is 4.79 Å². The Labute approximate surface area is 96.5 Å². The number of carbonyl (C=O) groups excluding carboxylic acids is 2. The quantitative estimate of drug-likeness (QED) is 0.750. The largest absolute Gasteiger partial charge is 0.469 e. The summed E-state index contributed by atoms with van der Waals surface area (Å²) >= 11 is 0. The number of hydrogen-bond donors (Lipinski definition) is 1. The van der Waals surface area contributed by atoms with Gasteiger partial charge < -0.3 is 14.8 Å². The molecule has 0 fully saturated rings. The molecule has 5 heteroatoms. The van der Waals surface area contributed by atoms with Gasteiger partial charge in [-0.05, 0) is 27.2 Å². The zero-order valence-electron chi connectivity index (χ0n) is 10.6. The lowest BCUT2D eigenvalue weighted by Gasteiger charge is -2.22. The van der Waals surface area contributed by atoms with Gasteiger partial charge in [-0.2, -0.15) is 0 Å². The second kappa shape index (κ2) is 6.35. The van der Waals surface area contributed by atoms with E-state index in [2.05, 4.69) is 10.1 Å². The Morgan fingerprint density at radius 3 is 2.25 bits per heavy atom. The van der Waals surface area contributed by atoms with E-state index in [1.165, 1.54) is 7.11 Å². The second-order valence-electron chi connectivity index (χ2n) is 4.53. The smallest absolute Gasteiger partial charge is 0.407 e. The van der Waals surface area contributed by atoms with Gasteiger partial charge in [-0.15, -0.1) is 0 Å². The fourth-order valence-electron chi connectivity index (χ4n) is 1.06. The summed E-state index contributed by atoms with van der Waals surface area (Å²) in [6.45, 7) is 7.24. The van der Waals surface area contributed by atoms with Crippen LogP contribution in [-0.2, 0) is 14.3 Å². The van der Waals surface area contributed by atoms with E-state index in [4.69, 9.17) is 4.74 Å². The van der Waals surface area contributed by atoms with Crippen LogP contribution in [0.5, 0.6) is 0 Å². The van der Waals surface area contributed by atoms with Crippen LogP contribution in [-0.4, -0.2) is 30.8 Å². The Morgan fingerprint density at radius 1 is 1.31 bits per heavy atom. The van der Waals surface area contributed by atoms with Crippen molar-refractivity contribution in [1.82, 2.24) is 5.32 Å². The Balaban J connectivity index is 4.12. The summed E-state index contributed by atoms with van der Waals surface area (Å²) in [7, 11) is 1.32. The molecule has 0 spiro atoms. The Hall–Kier alpha value is -1.26. The predicted molar refractivity (Wildman–Crippen MR) is 60.1 cm³/mol. The van der Waals surface area contributed by atoms with Gasteiger partial charge in [-0.1, -0.05) is 6.92 Å². The van der Waals surface area contributed by atoms with Crippen molar-refractivity contribution >= 4 is 12.1 Å². The van der Waals surface area contributed by atoms with E-state index in [1.54, 1.807) is 20.8 Å². The van der Waals surface area contributed by atoms with Crippen molar-refractivity contribution in [2.45, 2.75) is 52.2 Å². The highest BCUT2D eigenvalue weighted by atomic mass is 16.6. The molecule has 1 N–H and O–H groups in total. The first-order chi connectivity index (χ1) is 7.28. The molecule has 0 aromatic heterocycles. The molecule has 0 aliphatic heterocycles. The number of nitrogens with one attached hydrogen (secondary N) is 1. The number of ether oxygens (including phenoxy) is 2. The van der Waals surface area contributed by atoms with Crippen LogP contribution in [0.25, 0.3) is 0 Å². The van der Waals surface area contributed by atoms with Gasteiger partial charge in [0.1, 0.15) is 5.60 Å². The highest BCUT2D eigenvalue weighted by molar-refractivity contribution is 5.72. The van der Waals surface area contributed by atoms with Crippen LogP contribution >= 0.6 is 0 Å². The van der Waals surface area contributed by atoms with Gasteiger partial charge >= 0.3 is 12.1 Å². The highest BCUT2D eigenvalue weighted by Gasteiger charge is 2.20. The lowest BCUT2D eigenvalue weighted by Crippen LogP contribution is -2.40. The van der Waals surface area contributed by atoms with E-state index < -0.39 is 11.7 Å². The number of alkyl carbamates (subject to hydrolysis) is 1. The number of carbonyl (C=O) groups is 2. The van der Waals surface area contributed by atoms with E-state index in [-0.39, 0.29) is 18.4 Å². The molecule has 16 heavy (non-hydrogen) atoms. The fourth-order valence-corrected chi connectivity index (χ4v) is 1.06. The van der Waals surface area contributed by atoms with E-state index in [0.29, 0.717) is 6.42 Å². The maximum atomic E-state index is 11.4. The zero-order valence-corrected chi connectivity index (χ0v) is 10.6. The molecule has 0 aliphatic carbocycles. The maximum absolute atomic E-state index is 11.4. The van der Waals surface area contributed by atoms with E-state index >= 15 is 0 Å². The second-order valence-corrected chi connectivity index (χ2v) is 4.53. The van der Waals surface area contributed by atoms with Gasteiger partial charge in [0.15, 0.2) is 0 Å². The first-order valence-electron chi connectivity index (χ1n) is 5.34. The molecular formula is C11H21NO4. The summed E-state index contributed by atoms with van der Waals surface area (Å²) in [4.78, 5) is 22.4. The molecule has 0 heterocycles. The third kappa shape index (κ3) is 7.09. The number of hydrogen-bond acceptors (Lipinski definition) is 4. The number of methoxy groups -OCH3 is 1. The summed E-state index contributed by atoms with van der Waals surface area (Å²) in [5, 5.41) is 2.63. The Morgan fingerprint density at radius 2 is 1.88 bits per heavy atom. The predicted octanol–water partition coefficient (Wildman–Crippen LogP) is 1.85. The lowest BCUT2D eigenvalue weighted by molar-refractivity contribution is -0.141. The molecule has 0 aliphatic rings. The molecule has 0 saturated heterocycles. The molecule has 5 nitrogen and oxygen atoms in total. The average Bonchev–Trinajstić information content (AvgIpc) is 2.13. The standard InChI is InChI=1S/C11H21NO4/c1-6-8(7-9(13)15-5)12-10(14)16-11(2,3)4/h8H,6-7H2,1-5H3,(H,12,14). The Bertz CT molecular complexity index is 245. The molecule has 1 atom stereocenters. The number of esters is 1. The van der Waals surface area contributed by atoms with Crippen LogP contribution in [0, 0.1) is 0 Å². The normalized spacial score (nSPS) is 12.8. The maximum Gasteiger partial charge on any atom is 0.407 e. The van der Waals surface area contributed by atoms with Crippen LogP contribution in [0.3, 0.4) is 0 Å². The lowest BCUT2D eigenvalue weighted by atomic mass is 10.1. The van der Waals surface area contributed by atoms with Gasteiger partial charge in [0, 0.05) is 6.04 Å². The van der Waals surface area contributed by atoms with Crippen molar-refractivity contribution in [3.05, 3.63) is 0 Å². The third-order valence-corrected chi connectivity index (χ3v) is 1.85. The first-order valence-corrected chi connectivity index (χ1v) is 5.34. The molecule has 1 amide bonds. The zero-order chi connectivity index (χ0) is 12.8. The van der Waals surface area contributed by atoms with Crippen LogP contribution in [0.15, 0.2) is 0 Å². The van der Waals surface area contributed by atoms with Crippen molar-refractivity contribution in [3.63, 3.8) is 0 Å². The van der Waals surface area contributed by atoms with Crippen molar-refractivity contribution in [1.29, 1.82) is 0 Å². The summed E-state index contributed by atoms with van der Waals surface area (Å²) < 4.78 is 9.62. The molecule has 1 unspecified atom stereocenters. The van der Waals surface area contributed by atoms with E-state index in [9.17, 15) is 9.59 Å². The molecule has 94 valence electrons. The van der Waals surface area contributed by atoms with Crippen LogP contribution in [0.4, 0.5) is 4.79 Å². The topological polar surface area (TPSA) is 64.6 Å². The minimum Gasteiger partial charge on any atom is -0.469 e. The van der Waals surface area contributed by atoms with Crippen LogP contribution in [0.1, 0.15) is 40.5 Å². The number of rotatable bonds is 4. The summed E-state index contributed by atoms with van der Waals surface area (Å²) in [6, 6.07) is -0.248. The molecule has 0 saturated carbocycles. The van der Waals surface area contributed by atoms with Gasteiger partial charge in [-0.25, -0.2) is 4.79 Å². The van der Waals surface area contributed by atoms with Crippen molar-refractivity contribution in [2.75, 3.05) is 7.11 Å². The molecule has 0 aromatic carbocycles. The van der Waals surface area contributed by atoms with E-state index in [0.717, 1.165) is 0 Å². The highest BCUT2D eigenvalue weighted by Crippen LogP contribution is 2.08. The minimum atomic E-state index is -0.534. The van der Waals surface area contributed by atoms with Crippen LogP contribution < -0.4 is 5.32 Å². The molecule has 0 radical (unpaired) electrons. The van der Waals surface area contributed by atoms with Crippen molar-refractivity contribution in [3.8, 4) is 0 Å². The van der Waals surface area contributed by atoms with Gasteiger partial charge in [0.25, 0.3) is 0 Å². The molecule has 0 bridgehead atoms. The average molecular weight is 231 g/mol. The molecule has 0 rings (SSSR count). The summed E-state index contributed by atoms with van der Waals surface area (Å²) in [6.07, 6.45) is 0.295. The SMILES string of the molecule is CCC(CC(=O)OC)NC(=O)OC(C)(C)C. The van der Waals surface area contributed by atoms with Crippen LogP contribution in [0.2, 0.25) is 0 Å².